The number of carbonyl (C=O) groups is 1. The van der Waals surface area contributed by atoms with Gasteiger partial charge in [0.25, 0.3) is 11.5 Å². The molecule has 6 nitrogen and oxygen atoms in total. The Morgan fingerprint density at radius 3 is 2.82 bits per heavy atom. The van der Waals surface area contributed by atoms with Crippen molar-refractivity contribution in [3.63, 3.8) is 0 Å². The Hall–Kier alpha value is -2.37. The van der Waals surface area contributed by atoms with E-state index in [9.17, 15) is 9.59 Å². The average Bonchev–Trinajstić information content (AvgIpc) is 3.17. The molecule has 1 aliphatic rings. The molecule has 0 spiro atoms. The van der Waals surface area contributed by atoms with Gasteiger partial charge in [-0.15, -0.1) is 0 Å². The molecule has 2 aromatic heterocycles. The van der Waals surface area contributed by atoms with E-state index in [-0.39, 0.29) is 28.9 Å². The normalized spacial score (nSPS) is 18.1. The number of nitrogens with one attached hydrogen (secondary N) is 2. The number of rotatable bonds is 3. The number of hydrogen-bond donors (Lipinski definition) is 2. The van der Waals surface area contributed by atoms with Crippen molar-refractivity contribution in [2.24, 2.45) is 0 Å². The van der Waals surface area contributed by atoms with E-state index in [0.717, 1.165) is 17.8 Å². The molecule has 0 saturated carbocycles. The zero-order valence-electron chi connectivity index (χ0n) is 12.8. The standard InChI is InChI=1S/C16H20N4O2/c1-10(2)13-4-3-12(15(21)18-13)16(22)20-8-6-11(9-20)14-5-7-17-19-14/h3-5,7,10-11H,6,8-9H2,1-2H3,(H,17,19)(H,18,21)/t11-/m0/s1. The summed E-state index contributed by atoms with van der Waals surface area (Å²) in [5.74, 6) is 0.299. The van der Waals surface area contributed by atoms with Crippen molar-refractivity contribution in [2.45, 2.75) is 32.1 Å². The van der Waals surface area contributed by atoms with E-state index in [2.05, 4.69) is 15.2 Å². The molecule has 0 unspecified atom stereocenters. The number of amides is 1. The summed E-state index contributed by atoms with van der Waals surface area (Å²) in [4.78, 5) is 29.2. The maximum Gasteiger partial charge on any atom is 0.261 e. The molecule has 1 fully saturated rings. The van der Waals surface area contributed by atoms with Gasteiger partial charge in [0.05, 0.1) is 0 Å². The van der Waals surface area contributed by atoms with Crippen LogP contribution in [-0.2, 0) is 0 Å². The predicted molar refractivity (Wildman–Crippen MR) is 83.0 cm³/mol. The molecular weight excluding hydrogens is 280 g/mol. The van der Waals surface area contributed by atoms with E-state index < -0.39 is 0 Å². The lowest BCUT2D eigenvalue weighted by Crippen LogP contribution is -2.33. The Morgan fingerprint density at radius 1 is 1.36 bits per heavy atom. The summed E-state index contributed by atoms with van der Waals surface area (Å²) in [5, 5.41) is 6.91. The van der Waals surface area contributed by atoms with Crippen molar-refractivity contribution in [3.8, 4) is 0 Å². The topological polar surface area (TPSA) is 81.8 Å². The molecule has 6 heteroatoms. The van der Waals surface area contributed by atoms with Gasteiger partial charge in [-0.05, 0) is 30.5 Å². The number of aromatic amines is 2. The Kier molecular flexibility index (Phi) is 3.83. The third kappa shape index (κ3) is 2.68. The maximum atomic E-state index is 12.5. The van der Waals surface area contributed by atoms with Gasteiger partial charge >= 0.3 is 0 Å². The molecule has 1 atom stereocenters. The third-order valence-corrected chi connectivity index (χ3v) is 4.22. The second kappa shape index (κ2) is 5.79. The van der Waals surface area contributed by atoms with Crippen LogP contribution in [0.1, 0.15) is 53.8 Å². The van der Waals surface area contributed by atoms with Gasteiger partial charge in [-0.3, -0.25) is 14.7 Å². The molecule has 0 aliphatic carbocycles. The first-order valence-corrected chi connectivity index (χ1v) is 7.58. The molecule has 3 heterocycles. The number of pyridine rings is 1. The fourth-order valence-corrected chi connectivity index (χ4v) is 2.86. The first-order valence-electron chi connectivity index (χ1n) is 7.58. The Balaban J connectivity index is 1.76. The van der Waals surface area contributed by atoms with Crippen LogP contribution >= 0.6 is 0 Å². The van der Waals surface area contributed by atoms with Crippen LogP contribution in [0.25, 0.3) is 0 Å². The maximum absolute atomic E-state index is 12.5. The minimum absolute atomic E-state index is 0.196. The SMILES string of the molecule is CC(C)c1ccc(C(=O)N2CC[C@H](c3ccn[nH]3)C2)c(=O)[nH]1. The highest BCUT2D eigenvalue weighted by Crippen LogP contribution is 2.26. The summed E-state index contributed by atoms with van der Waals surface area (Å²) in [6.07, 6.45) is 2.60. The summed E-state index contributed by atoms with van der Waals surface area (Å²) in [7, 11) is 0. The number of aromatic nitrogens is 3. The molecular formula is C16H20N4O2. The molecule has 0 aromatic carbocycles. The van der Waals surface area contributed by atoms with Gasteiger partial charge in [-0.1, -0.05) is 13.8 Å². The number of hydrogen-bond acceptors (Lipinski definition) is 3. The van der Waals surface area contributed by atoms with Crippen LogP contribution in [0.4, 0.5) is 0 Å². The summed E-state index contributed by atoms with van der Waals surface area (Å²) in [6.45, 7) is 5.28. The highest BCUT2D eigenvalue weighted by molar-refractivity contribution is 5.94. The molecule has 116 valence electrons. The van der Waals surface area contributed by atoms with Crippen molar-refractivity contribution in [1.29, 1.82) is 0 Å². The monoisotopic (exact) mass is 300 g/mol. The smallest absolute Gasteiger partial charge is 0.261 e. The molecule has 2 N–H and O–H groups in total. The highest BCUT2D eigenvalue weighted by atomic mass is 16.2. The van der Waals surface area contributed by atoms with Gasteiger partial charge < -0.3 is 9.88 Å². The van der Waals surface area contributed by atoms with Crippen LogP contribution < -0.4 is 5.56 Å². The van der Waals surface area contributed by atoms with E-state index in [1.165, 1.54) is 0 Å². The summed E-state index contributed by atoms with van der Waals surface area (Å²) < 4.78 is 0. The number of carbonyl (C=O) groups excluding carboxylic acids is 1. The minimum atomic E-state index is -0.304. The fraction of sp³-hybridized carbons (Fsp3) is 0.438. The first-order chi connectivity index (χ1) is 10.6. The van der Waals surface area contributed by atoms with Gasteiger partial charge in [-0.2, -0.15) is 5.10 Å². The van der Waals surface area contributed by atoms with E-state index >= 15 is 0 Å². The Labute approximate surface area is 128 Å². The largest absolute Gasteiger partial charge is 0.338 e. The molecule has 0 radical (unpaired) electrons. The van der Waals surface area contributed by atoms with Gasteiger partial charge in [-0.25, -0.2) is 0 Å². The van der Waals surface area contributed by atoms with Gasteiger partial charge in [0.1, 0.15) is 5.56 Å². The van der Waals surface area contributed by atoms with Crippen LogP contribution in [0, 0.1) is 0 Å². The van der Waals surface area contributed by atoms with Crippen molar-refractivity contribution in [2.75, 3.05) is 13.1 Å². The fourth-order valence-electron chi connectivity index (χ4n) is 2.86. The third-order valence-electron chi connectivity index (χ3n) is 4.22. The lowest BCUT2D eigenvalue weighted by Gasteiger charge is -2.16. The van der Waals surface area contributed by atoms with Gasteiger partial charge in [0.2, 0.25) is 0 Å². The molecule has 1 aliphatic heterocycles. The highest BCUT2D eigenvalue weighted by Gasteiger charge is 2.29. The minimum Gasteiger partial charge on any atom is -0.338 e. The van der Waals surface area contributed by atoms with Gasteiger partial charge in [0, 0.05) is 36.6 Å². The van der Waals surface area contributed by atoms with Crippen LogP contribution in [-0.4, -0.2) is 39.1 Å². The second-order valence-corrected chi connectivity index (χ2v) is 6.06. The van der Waals surface area contributed by atoms with Crippen LogP contribution in [0.15, 0.2) is 29.2 Å². The molecule has 2 aromatic rings. The van der Waals surface area contributed by atoms with Crippen LogP contribution in [0.3, 0.4) is 0 Å². The van der Waals surface area contributed by atoms with Crippen molar-refractivity contribution < 1.29 is 4.79 Å². The first kappa shape index (κ1) is 14.6. The van der Waals surface area contributed by atoms with Gasteiger partial charge in [0.15, 0.2) is 0 Å². The molecule has 1 saturated heterocycles. The van der Waals surface area contributed by atoms with E-state index in [4.69, 9.17) is 0 Å². The molecule has 22 heavy (non-hydrogen) atoms. The lowest BCUT2D eigenvalue weighted by molar-refractivity contribution is 0.0789. The second-order valence-electron chi connectivity index (χ2n) is 6.06. The molecule has 3 rings (SSSR count). The summed E-state index contributed by atoms with van der Waals surface area (Å²) in [6, 6.07) is 5.39. The van der Waals surface area contributed by atoms with Crippen LogP contribution in [0.2, 0.25) is 0 Å². The summed E-state index contributed by atoms with van der Waals surface area (Å²) >= 11 is 0. The lowest BCUT2D eigenvalue weighted by atomic mass is 10.1. The van der Waals surface area contributed by atoms with Crippen molar-refractivity contribution >= 4 is 5.91 Å². The van der Waals surface area contributed by atoms with Crippen LogP contribution in [0.5, 0.6) is 0 Å². The zero-order chi connectivity index (χ0) is 15.7. The molecule has 0 bridgehead atoms. The average molecular weight is 300 g/mol. The molecule has 1 amide bonds. The number of nitrogens with zero attached hydrogens (tertiary/aromatic N) is 2. The van der Waals surface area contributed by atoms with E-state index in [1.54, 1.807) is 17.2 Å². The van der Waals surface area contributed by atoms with E-state index in [1.807, 2.05) is 26.0 Å². The Morgan fingerprint density at radius 2 is 2.18 bits per heavy atom. The predicted octanol–water partition coefficient (Wildman–Crippen LogP) is 1.85. The summed E-state index contributed by atoms with van der Waals surface area (Å²) in [5.41, 5.74) is 1.80. The number of likely N-dealkylation sites (tertiary alicyclic amines) is 1. The Bertz CT molecular complexity index is 718. The zero-order valence-corrected chi connectivity index (χ0v) is 12.8. The van der Waals surface area contributed by atoms with Crippen molar-refractivity contribution in [3.05, 3.63) is 51.7 Å². The van der Waals surface area contributed by atoms with E-state index in [0.29, 0.717) is 13.1 Å². The van der Waals surface area contributed by atoms with Crippen molar-refractivity contribution in [1.82, 2.24) is 20.1 Å². The quantitative estimate of drug-likeness (QED) is 0.907. The number of H-pyrrole nitrogens is 2.